The second-order valence-corrected chi connectivity index (χ2v) is 10.6. The van der Waals surface area contributed by atoms with Gasteiger partial charge in [0, 0.05) is 56.5 Å². The fourth-order valence-electron chi connectivity index (χ4n) is 6.03. The number of amides is 3. The monoisotopic (exact) mass is 560 g/mol. The molecule has 0 aromatic heterocycles. The number of imide groups is 1. The summed E-state index contributed by atoms with van der Waals surface area (Å²) in [7, 11) is 0. The Balaban J connectivity index is 1.63. The molecule has 4 N–H and O–H groups in total. The van der Waals surface area contributed by atoms with Crippen molar-refractivity contribution in [2.45, 2.75) is 64.0 Å². The van der Waals surface area contributed by atoms with Crippen LogP contribution in [-0.2, 0) is 25.8 Å². The molecule has 3 atom stereocenters. The van der Waals surface area contributed by atoms with E-state index in [0.717, 1.165) is 12.8 Å². The maximum atomic E-state index is 13.5. The summed E-state index contributed by atoms with van der Waals surface area (Å²) in [5, 5.41) is 20.4. The van der Waals surface area contributed by atoms with Gasteiger partial charge in [-0.15, -0.1) is 0 Å². The first-order chi connectivity index (χ1) is 19.3. The van der Waals surface area contributed by atoms with Crippen molar-refractivity contribution in [3.05, 3.63) is 23.3 Å². The molecule has 12 nitrogen and oxygen atoms in total. The Bertz CT molecular complexity index is 1090. The fourth-order valence-corrected chi connectivity index (χ4v) is 6.03. The fraction of sp³-hybridized carbons (Fsp3) is 0.643. The van der Waals surface area contributed by atoms with Crippen LogP contribution in [0.2, 0.25) is 0 Å². The summed E-state index contributed by atoms with van der Waals surface area (Å²) < 4.78 is 11.0. The number of hydrogen-bond acceptors (Lipinski definition) is 9. The van der Waals surface area contributed by atoms with Crippen molar-refractivity contribution in [3.8, 4) is 11.5 Å². The first-order valence-electron chi connectivity index (χ1n) is 14.1. The van der Waals surface area contributed by atoms with Gasteiger partial charge in [-0.1, -0.05) is 13.3 Å². The van der Waals surface area contributed by atoms with Crippen LogP contribution in [0, 0.1) is 5.92 Å². The van der Waals surface area contributed by atoms with Crippen LogP contribution in [0.5, 0.6) is 11.5 Å². The summed E-state index contributed by atoms with van der Waals surface area (Å²) in [6.45, 7) is 3.73. The molecule has 2 saturated heterocycles. The average Bonchev–Trinajstić information content (AvgIpc) is 3.64. The molecule has 0 spiro atoms. The number of aliphatic hydroxyl groups is 1. The van der Waals surface area contributed by atoms with Gasteiger partial charge in [-0.2, -0.15) is 0 Å². The second-order valence-electron chi connectivity index (χ2n) is 10.6. The number of carbonyl (C=O) groups excluding carboxylic acids is 3. The first kappa shape index (κ1) is 29.8. The molecule has 3 aliphatic heterocycles. The zero-order chi connectivity index (χ0) is 28.8. The van der Waals surface area contributed by atoms with Crippen molar-refractivity contribution in [3.63, 3.8) is 0 Å². The Labute approximate surface area is 234 Å². The molecular weight excluding hydrogens is 520 g/mol. The van der Waals surface area contributed by atoms with Crippen molar-refractivity contribution >= 4 is 23.7 Å². The van der Waals surface area contributed by atoms with Gasteiger partial charge in [0.25, 0.3) is 0 Å². The minimum Gasteiger partial charge on any atom is -0.481 e. The van der Waals surface area contributed by atoms with Gasteiger partial charge in [-0.05, 0) is 43.5 Å². The minimum absolute atomic E-state index is 0.0103. The number of nitrogens with two attached hydrogens (primary N) is 1. The number of likely N-dealkylation sites (tertiary alicyclic amines) is 2. The number of rotatable bonds is 14. The van der Waals surface area contributed by atoms with E-state index in [-0.39, 0.29) is 70.0 Å². The highest BCUT2D eigenvalue weighted by molar-refractivity contribution is 6.01. The van der Waals surface area contributed by atoms with E-state index in [9.17, 15) is 29.4 Å². The molecular formula is C28H40N4O8. The van der Waals surface area contributed by atoms with Gasteiger partial charge in [-0.25, -0.2) is 0 Å². The number of nitrogens with zero attached hydrogens (tertiary/aromatic N) is 3. The zero-order valence-electron chi connectivity index (χ0n) is 23.0. The van der Waals surface area contributed by atoms with Gasteiger partial charge in [0.1, 0.15) is 0 Å². The number of ether oxygens (including phenoxy) is 2. The summed E-state index contributed by atoms with van der Waals surface area (Å²) >= 11 is 0. The van der Waals surface area contributed by atoms with Crippen LogP contribution < -0.4 is 15.2 Å². The largest absolute Gasteiger partial charge is 0.481 e. The van der Waals surface area contributed by atoms with E-state index in [0.29, 0.717) is 48.7 Å². The highest BCUT2D eigenvalue weighted by atomic mass is 16.7. The lowest BCUT2D eigenvalue weighted by Crippen LogP contribution is -2.46. The molecule has 0 bridgehead atoms. The van der Waals surface area contributed by atoms with Gasteiger partial charge in [0.2, 0.25) is 24.5 Å². The van der Waals surface area contributed by atoms with Crippen LogP contribution >= 0.6 is 0 Å². The van der Waals surface area contributed by atoms with Crippen molar-refractivity contribution in [1.82, 2.24) is 14.7 Å². The molecule has 3 heterocycles. The number of benzene rings is 1. The van der Waals surface area contributed by atoms with Crippen molar-refractivity contribution in [2.24, 2.45) is 11.7 Å². The number of aliphatic carboxylic acids is 1. The summed E-state index contributed by atoms with van der Waals surface area (Å²) in [4.78, 5) is 55.7. The molecule has 4 rings (SSSR count). The third-order valence-electron chi connectivity index (χ3n) is 8.11. The predicted molar refractivity (Wildman–Crippen MR) is 143 cm³/mol. The topological polar surface area (TPSA) is 163 Å². The molecule has 0 radical (unpaired) electrons. The van der Waals surface area contributed by atoms with E-state index in [2.05, 4.69) is 6.92 Å². The number of unbranched alkanes of at least 4 members (excludes halogenated alkanes) is 1. The highest BCUT2D eigenvalue weighted by Gasteiger charge is 2.48. The quantitative estimate of drug-likeness (QED) is 0.279. The normalized spacial score (nSPS) is 22.4. The predicted octanol–water partition coefficient (Wildman–Crippen LogP) is 0.893. The van der Waals surface area contributed by atoms with Gasteiger partial charge < -0.3 is 30.3 Å². The molecule has 0 unspecified atom stereocenters. The van der Waals surface area contributed by atoms with E-state index in [1.807, 2.05) is 4.90 Å². The first-order valence-corrected chi connectivity index (χ1v) is 14.1. The highest BCUT2D eigenvalue weighted by Crippen LogP contribution is 2.44. The minimum atomic E-state index is -1.03. The SMILES string of the molecule is CCCCN(CCCN)C(=O)CN1C[C@H](c2cc(CO)c3c(c2)OCO3)[C@@H](C(=O)O)[C@@H]1CCN1C(=O)CCC1=O. The van der Waals surface area contributed by atoms with E-state index in [4.69, 9.17) is 15.2 Å². The maximum Gasteiger partial charge on any atom is 0.308 e. The molecule has 3 amide bonds. The van der Waals surface area contributed by atoms with Crippen LogP contribution in [0.1, 0.15) is 62.5 Å². The zero-order valence-corrected chi connectivity index (χ0v) is 23.0. The Morgan fingerprint density at radius 3 is 2.50 bits per heavy atom. The second kappa shape index (κ2) is 13.4. The lowest BCUT2D eigenvalue weighted by molar-refractivity contribution is -0.144. The van der Waals surface area contributed by atoms with Crippen LogP contribution in [0.15, 0.2) is 12.1 Å². The number of hydrogen-bond donors (Lipinski definition) is 3. The summed E-state index contributed by atoms with van der Waals surface area (Å²) in [5.74, 6) is -2.21. The smallest absolute Gasteiger partial charge is 0.308 e. The van der Waals surface area contributed by atoms with Crippen molar-refractivity contribution in [2.75, 3.05) is 46.1 Å². The Kier molecular flexibility index (Phi) is 9.99. The van der Waals surface area contributed by atoms with Gasteiger partial charge in [0.15, 0.2) is 11.5 Å². The van der Waals surface area contributed by atoms with Crippen LogP contribution in [0.25, 0.3) is 0 Å². The molecule has 3 aliphatic rings. The molecule has 12 heteroatoms. The van der Waals surface area contributed by atoms with Crippen molar-refractivity contribution in [1.29, 1.82) is 0 Å². The van der Waals surface area contributed by atoms with E-state index >= 15 is 0 Å². The Morgan fingerprint density at radius 1 is 1.12 bits per heavy atom. The molecule has 0 saturated carbocycles. The van der Waals surface area contributed by atoms with Crippen LogP contribution in [0.3, 0.4) is 0 Å². The number of carboxylic acids is 1. The lowest BCUT2D eigenvalue weighted by Gasteiger charge is -2.30. The van der Waals surface area contributed by atoms with Crippen molar-refractivity contribution < 1.29 is 38.9 Å². The molecule has 0 aliphatic carbocycles. The third kappa shape index (κ3) is 6.39. The van der Waals surface area contributed by atoms with E-state index in [1.165, 1.54) is 4.90 Å². The summed E-state index contributed by atoms with van der Waals surface area (Å²) in [5.41, 5.74) is 6.87. The van der Waals surface area contributed by atoms with Gasteiger partial charge >= 0.3 is 5.97 Å². The number of aliphatic hydroxyl groups excluding tert-OH is 1. The number of carbonyl (C=O) groups is 4. The summed E-state index contributed by atoms with van der Waals surface area (Å²) in [6, 6.07) is 2.88. The van der Waals surface area contributed by atoms with E-state index in [1.54, 1.807) is 17.0 Å². The average molecular weight is 561 g/mol. The van der Waals surface area contributed by atoms with Crippen LogP contribution in [-0.4, -0.2) is 101 Å². The van der Waals surface area contributed by atoms with Gasteiger partial charge in [-0.3, -0.25) is 29.0 Å². The standard InChI is InChI=1S/C28H40N4O8/c1-2-3-9-30(10-4-8-29)25(36)15-31-14-20(18-12-19(16-33)27-22(13-18)39-17-40-27)26(28(37)38)21(31)7-11-32-23(34)5-6-24(32)35/h12-13,20-21,26,33H,2-11,14-17,29H2,1H3,(H,37,38)/t20-,21+,26-/m1/s1. The number of fused-ring (bicyclic) bond motifs is 1. The maximum absolute atomic E-state index is 13.5. The molecule has 220 valence electrons. The third-order valence-corrected chi connectivity index (χ3v) is 8.11. The summed E-state index contributed by atoms with van der Waals surface area (Å²) in [6.07, 6.45) is 2.99. The Hall–Kier alpha value is -3.22. The molecule has 40 heavy (non-hydrogen) atoms. The van der Waals surface area contributed by atoms with Gasteiger partial charge in [0.05, 0.1) is 19.1 Å². The molecule has 2 fully saturated rings. The lowest BCUT2D eigenvalue weighted by atomic mass is 9.83. The van der Waals surface area contributed by atoms with E-state index < -0.39 is 23.8 Å². The molecule has 1 aromatic carbocycles. The Morgan fingerprint density at radius 2 is 1.85 bits per heavy atom. The number of carboxylic acid groups (broad SMARTS) is 1. The van der Waals surface area contributed by atoms with Crippen LogP contribution in [0.4, 0.5) is 0 Å². The molecule has 1 aromatic rings.